The zero-order chi connectivity index (χ0) is 12.2. The predicted molar refractivity (Wildman–Crippen MR) is 76.4 cm³/mol. The van der Waals surface area contributed by atoms with Crippen LogP contribution in [0, 0.1) is 5.92 Å². The van der Waals surface area contributed by atoms with Gasteiger partial charge in [-0.15, -0.1) is 0 Å². The van der Waals surface area contributed by atoms with Gasteiger partial charge in [0.05, 0.1) is 0 Å². The summed E-state index contributed by atoms with van der Waals surface area (Å²) >= 11 is 0. The van der Waals surface area contributed by atoms with Gasteiger partial charge in [0.1, 0.15) is 0 Å². The van der Waals surface area contributed by atoms with E-state index in [9.17, 15) is 0 Å². The van der Waals surface area contributed by atoms with Crippen molar-refractivity contribution in [2.45, 2.75) is 18.9 Å². The molecule has 18 heavy (non-hydrogen) atoms. The van der Waals surface area contributed by atoms with Crippen LogP contribution in [0.4, 0.5) is 0 Å². The number of piperidine rings is 3. The number of hydrogen-bond acceptors (Lipinski definition) is 2. The summed E-state index contributed by atoms with van der Waals surface area (Å²) in [5.41, 5.74) is 1.29. The van der Waals surface area contributed by atoms with Crippen molar-refractivity contribution in [2.75, 3.05) is 26.2 Å². The zero-order valence-electron chi connectivity index (χ0n) is 10.9. The molecule has 0 radical (unpaired) electrons. The van der Waals surface area contributed by atoms with Crippen LogP contribution in [0.2, 0.25) is 0 Å². The summed E-state index contributed by atoms with van der Waals surface area (Å²) in [4.78, 5) is 2.60. The third kappa shape index (κ3) is 2.82. The second-order valence-corrected chi connectivity index (χ2v) is 5.47. The van der Waals surface area contributed by atoms with E-state index in [4.69, 9.17) is 0 Å². The number of fused-ring (bicyclic) bond motifs is 3. The topological polar surface area (TPSA) is 15.3 Å². The van der Waals surface area contributed by atoms with E-state index in [1.165, 1.54) is 38.0 Å². The van der Waals surface area contributed by atoms with Crippen molar-refractivity contribution in [3.63, 3.8) is 0 Å². The van der Waals surface area contributed by atoms with E-state index in [1.807, 2.05) is 0 Å². The fourth-order valence-electron chi connectivity index (χ4n) is 3.17. The first-order valence-electron chi connectivity index (χ1n) is 7.09. The molecule has 4 rings (SSSR count). The van der Waals surface area contributed by atoms with E-state index in [0.717, 1.165) is 12.5 Å². The van der Waals surface area contributed by atoms with Crippen molar-refractivity contribution in [3.05, 3.63) is 42.0 Å². The first kappa shape index (κ1) is 11.9. The molecule has 2 heteroatoms. The van der Waals surface area contributed by atoms with Crippen LogP contribution in [0.1, 0.15) is 18.4 Å². The molecule has 0 saturated carbocycles. The smallest absolute Gasteiger partial charge is 0.0227 e. The maximum atomic E-state index is 3.69. The molecule has 1 atom stereocenters. The number of hydrogen-bond donors (Lipinski definition) is 1. The Labute approximate surface area is 110 Å². The van der Waals surface area contributed by atoms with Crippen molar-refractivity contribution < 1.29 is 0 Å². The SMILES string of the molecule is C(=Cc1ccccc1)CNC1CN2CCC1CC2. The molecule has 3 saturated heterocycles. The molecule has 0 aliphatic carbocycles. The molecule has 0 spiro atoms. The highest BCUT2D eigenvalue weighted by Crippen LogP contribution is 2.27. The molecule has 3 aliphatic rings. The molecule has 2 nitrogen and oxygen atoms in total. The van der Waals surface area contributed by atoms with E-state index >= 15 is 0 Å². The van der Waals surface area contributed by atoms with Gasteiger partial charge in [0.15, 0.2) is 0 Å². The lowest BCUT2D eigenvalue weighted by Gasteiger charge is -2.45. The summed E-state index contributed by atoms with van der Waals surface area (Å²) in [6.07, 6.45) is 7.22. The minimum absolute atomic E-state index is 0.716. The highest BCUT2D eigenvalue weighted by Gasteiger charge is 2.33. The quantitative estimate of drug-likeness (QED) is 0.872. The van der Waals surface area contributed by atoms with Crippen LogP contribution in [-0.4, -0.2) is 37.1 Å². The van der Waals surface area contributed by atoms with Crippen LogP contribution < -0.4 is 5.32 Å². The Balaban J connectivity index is 1.46. The Morgan fingerprint density at radius 1 is 1.17 bits per heavy atom. The summed E-state index contributed by atoms with van der Waals surface area (Å²) in [7, 11) is 0. The predicted octanol–water partition coefficient (Wildman–Crippen LogP) is 2.38. The van der Waals surface area contributed by atoms with Crippen molar-refractivity contribution in [3.8, 4) is 0 Å². The zero-order valence-corrected chi connectivity index (χ0v) is 10.9. The Morgan fingerprint density at radius 2 is 1.94 bits per heavy atom. The normalized spacial score (nSPS) is 31.0. The van der Waals surface area contributed by atoms with Gasteiger partial charge >= 0.3 is 0 Å². The van der Waals surface area contributed by atoms with Crippen molar-refractivity contribution in [2.24, 2.45) is 5.92 Å². The van der Waals surface area contributed by atoms with Gasteiger partial charge in [-0.25, -0.2) is 0 Å². The highest BCUT2D eigenvalue weighted by molar-refractivity contribution is 5.48. The van der Waals surface area contributed by atoms with Gasteiger partial charge in [0.25, 0.3) is 0 Å². The highest BCUT2D eigenvalue weighted by atomic mass is 15.2. The second kappa shape index (κ2) is 5.68. The third-order valence-corrected chi connectivity index (χ3v) is 4.26. The van der Waals surface area contributed by atoms with Crippen LogP contribution in [0.25, 0.3) is 6.08 Å². The molecule has 1 N–H and O–H groups in total. The van der Waals surface area contributed by atoms with Crippen molar-refractivity contribution >= 4 is 6.08 Å². The van der Waals surface area contributed by atoms with Crippen LogP contribution in [-0.2, 0) is 0 Å². The monoisotopic (exact) mass is 242 g/mol. The van der Waals surface area contributed by atoms with Crippen LogP contribution >= 0.6 is 0 Å². The average molecular weight is 242 g/mol. The molecule has 1 unspecified atom stereocenters. The lowest BCUT2D eigenvalue weighted by atomic mass is 9.84. The first-order chi connectivity index (χ1) is 8.92. The van der Waals surface area contributed by atoms with Crippen molar-refractivity contribution in [1.82, 2.24) is 10.2 Å². The molecule has 0 aromatic heterocycles. The van der Waals surface area contributed by atoms with E-state index in [-0.39, 0.29) is 0 Å². The molecule has 3 heterocycles. The van der Waals surface area contributed by atoms with E-state index in [0.29, 0.717) is 6.04 Å². The first-order valence-corrected chi connectivity index (χ1v) is 7.09. The van der Waals surface area contributed by atoms with Crippen molar-refractivity contribution in [1.29, 1.82) is 0 Å². The number of rotatable bonds is 4. The molecule has 3 fully saturated rings. The van der Waals surface area contributed by atoms with Gasteiger partial charge in [-0.1, -0.05) is 42.5 Å². The Morgan fingerprint density at radius 3 is 2.61 bits per heavy atom. The molecule has 1 aromatic rings. The second-order valence-electron chi connectivity index (χ2n) is 5.47. The fraction of sp³-hybridized carbons (Fsp3) is 0.500. The van der Waals surface area contributed by atoms with Crippen LogP contribution in [0.5, 0.6) is 0 Å². The van der Waals surface area contributed by atoms with Gasteiger partial charge in [0, 0.05) is 19.1 Å². The average Bonchev–Trinajstić information content (AvgIpc) is 2.46. The minimum atomic E-state index is 0.716. The molecule has 3 aliphatic heterocycles. The van der Waals surface area contributed by atoms with Gasteiger partial charge in [0.2, 0.25) is 0 Å². The standard InChI is InChI=1S/C16H22N2/c1-2-5-14(6-3-1)7-4-10-17-16-13-18-11-8-15(16)9-12-18/h1-7,15-17H,8-13H2. The Hall–Kier alpha value is -1.12. The number of nitrogens with zero attached hydrogens (tertiary/aromatic N) is 1. The maximum absolute atomic E-state index is 3.69. The van der Waals surface area contributed by atoms with Crippen LogP contribution in [0.15, 0.2) is 36.4 Å². The molecular weight excluding hydrogens is 220 g/mol. The van der Waals surface area contributed by atoms with Gasteiger partial charge in [-0.05, 0) is 37.4 Å². The summed E-state index contributed by atoms with van der Waals surface area (Å²) in [6.45, 7) is 4.89. The maximum Gasteiger partial charge on any atom is 0.0227 e. The Bertz CT molecular complexity index is 391. The lowest BCUT2D eigenvalue weighted by Crippen LogP contribution is -2.56. The molecular formula is C16H22N2. The Kier molecular flexibility index (Phi) is 3.77. The van der Waals surface area contributed by atoms with Gasteiger partial charge < -0.3 is 10.2 Å². The van der Waals surface area contributed by atoms with E-state index < -0.39 is 0 Å². The largest absolute Gasteiger partial charge is 0.309 e. The van der Waals surface area contributed by atoms with Gasteiger partial charge in [-0.3, -0.25) is 0 Å². The summed E-state index contributed by atoms with van der Waals surface area (Å²) < 4.78 is 0. The van der Waals surface area contributed by atoms with E-state index in [2.05, 4.69) is 52.7 Å². The van der Waals surface area contributed by atoms with Crippen LogP contribution in [0.3, 0.4) is 0 Å². The number of nitrogens with one attached hydrogen (secondary N) is 1. The lowest BCUT2D eigenvalue weighted by molar-refractivity contribution is 0.0745. The van der Waals surface area contributed by atoms with E-state index in [1.54, 1.807) is 0 Å². The number of benzene rings is 1. The minimum Gasteiger partial charge on any atom is -0.309 e. The molecule has 2 bridgehead atoms. The molecule has 96 valence electrons. The third-order valence-electron chi connectivity index (χ3n) is 4.26. The molecule has 1 aromatic carbocycles. The fourth-order valence-corrected chi connectivity index (χ4v) is 3.17. The molecule has 0 amide bonds. The summed E-state index contributed by atoms with van der Waals surface area (Å²) in [5, 5.41) is 3.69. The van der Waals surface area contributed by atoms with Gasteiger partial charge in [-0.2, -0.15) is 0 Å². The summed E-state index contributed by atoms with van der Waals surface area (Å²) in [6, 6.07) is 11.2. The summed E-state index contributed by atoms with van der Waals surface area (Å²) in [5.74, 6) is 0.917.